The van der Waals surface area contributed by atoms with Gasteiger partial charge in [0.25, 0.3) is 0 Å². The van der Waals surface area contributed by atoms with E-state index in [1.165, 1.54) is 6.07 Å². The molecule has 0 aliphatic rings. The third kappa shape index (κ3) is 6.76. The van der Waals surface area contributed by atoms with Gasteiger partial charge in [-0.1, -0.05) is 19.9 Å². The van der Waals surface area contributed by atoms with Crippen molar-refractivity contribution in [1.82, 2.24) is 5.32 Å². The van der Waals surface area contributed by atoms with E-state index in [9.17, 15) is 9.18 Å². The lowest BCUT2D eigenvalue weighted by molar-refractivity contribution is -0.122. The fraction of sp³-hybridized carbons (Fsp3) is 0.533. The van der Waals surface area contributed by atoms with Crippen molar-refractivity contribution in [2.24, 2.45) is 11.7 Å². The first-order valence-electron chi connectivity index (χ1n) is 6.71. The molecule has 1 unspecified atom stereocenters. The summed E-state index contributed by atoms with van der Waals surface area (Å²) in [6.07, 6.45) is 1.04. The van der Waals surface area contributed by atoms with Gasteiger partial charge in [0.1, 0.15) is 5.82 Å². The van der Waals surface area contributed by atoms with Crippen molar-refractivity contribution in [2.45, 2.75) is 39.2 Å². The van der Waals surface area contributed by atoms with E-state index in [-0.39, 0.29) is 30.6 Å². The van der Waals surface area contributed by atoms with Crippen molar-refractivity contribution in [3.05, 3.63) is 34.1 Å². The van der Waals surface area contributed by atoms with Gasteiger partial charge < -0.3 is 11.1 Å². The number of hydrogen-bond acceptors (Lipinski definition) is 2. The molecular formula is C15H23BrClFN2O. The maximum absolute atomic E-state index is 13.1. The molecule has 1 aromatic carbocycles. The zero-order valence-corrected chi connectivity index (χ0v) is 15.0. The summed E-state index contributed by atoms with van der Waals surface area (Å²) in [6.45, 7) is 6.53. The maximum atomic E-state index is 13.1. The van der Waals surface area contributed by atoms with Gasteiger partial charge in [0.2, 0.25) is 5.91 Å². The highest BCUT2D eigenvalue weighted by molar-refractivity contribution is 9.10. The standard InChI is InChI=1S/C15H22BrFN2O.ClH/c1-10(2)8-15(3,9-18)19-14(20)7-11-4-5-13(17)12(16)6-11;/h4-6,10H,7-9,18H2,1-3H3,(H,19,20);1H. The summed E-state index contributed by atoms with van der Waals surface area (Å²) in [5.74, 6) is 0.0155. The molecule has 3 nitrogen and oxygen atoms in total. The highest BCUT2D eigenvalue weighted by Crippen LogP contribution is 2.18. The second kappa shape index (κ2) is 8.71. The molecule has 0 radical (unpaired) electrons. The first-order chi connectivity index (χ1) is 9.25. The average Bonchev–Trinajstić information content (AvgIpc) is 2.32. The summed E-state index contributed by atoms with van der Waals surface area (Å²) in [7, 11) is 0. The molecule has 0 saturated heterocycles. The van der Waals surface area contributed by atoms with Gasteiger partial charge >= 0.3 is 0 Å². The van der Waals surface area contributed by atoms with Crippen molar-refractivity contribution in [3.8, 4) is 0 Å². The molecular weight excluding hydrogens is 359 g/mol. The Morgan fingerprint density at radius 2 is 2.10 bits per heavy atom. The molecule has 0 saturated carbocycles. The molecule has 1 atom stereocenters. The Bertz CT molecular complexity index is 485. The first kappa shape index (κ1) is 20.3. The zero-order chi connectivity index (χ0) is 15.3. The van der Waals surface area contributed by atoms with Gasteiger partial charge in [0.05, 0.1) is 10.9 Å². The molecule has 0 aliphatic heterocycles. The van der Waals surface area contributed by atoms with Crippen LogP contribution in [0.15, 0.2) is 22.7 Å². The Morgan fingerprint density at radius 3 is 2.57 bits per heavy atom. The van der Waals surface area contributed by atoms with E-state index in [1.807, 2.05) is 6.92 Å². The summed E-state index contributed by atoms with van der Waals surface area (Å²) < 4.78 is 13.5. The fourth-order valence-electron chi connectivity index (χ4n) is 2.30. The summed E-state index contributed by atoms with van der Waals surface area (Å²) in [4.78, 5) is 12.1. The third-order valence-corrected chi connectivity index (χ3v) is 3.71. The van der Waals surface area contributed by atoms with E-state index in [4.69, 9.17) is 5.73 Å². The van der Waals surface area contributed by atoms with Crippen LogP contribution in [0.4, 0.5) is 4.39 Å². The molecule has 0 bridgehead atoms. The molecule has 21 heavy (non-hydrogen) atoms. The number of hydrogen-bond donors (Lipinski definition) is 2. The topological polar surface area (TPSA) is 55.1 Å². The number of halogens is 3. The minimum Gasteiger partial charge on any atom is -0.349 e. The quantitative estimate of drug-likeness (QED) is 0.793. The van der Waals surface area contributed by atoms with Crippen molar-refractivity contribution in [1.29, 1.82) is 0 Å². The van der Waals surface area contributed by atoms with Crippen LogP contribution >= 0.6 is 28.3 Å². The van der Waals surface area contributed by atoms with Gasteiger partial charge in [-0.15, -0.1) is 12.4 Å². The Balaban J connectivity index is 0.00000400. The van der Waals surface area contributed by atoms with Gasteiger partial charge in [0, 0.05) is 12.1 Å². The second-order valence-electron chi connectivity index (χ2n) is 5.84. The van der Waals surface area contributed by atoms with Crippen molar-refractivity contribution >= 4 is 34.2 Å². The smallest absolute Gasteiger partial charge is 0.224 e. The lowest BCUT2D eigenvalue weighted by Gasteiger charge is -2.31. The second-order valence-corrected chi connectivity index (χ2v) is 6.69. The average molecular weight is 382 g/mol. The maximum Gasteiger partial charge on any atom is 0.224 e. The molecule has 3 N–H and O–H groups in total. The van der Waals surface area contributed by atoms with E-state index in [2.05, 4.69) is 35.1 Å². The number of carbonyl (C=O) groups excluding carboxylic acids is 1. The number of nitrogens with two attached hydrogens (primary N) is 1. The van der Waals surface area contributed by atoms with E-state index in [0.29, 0.717) is 16.9 Å². The lowest BCUT2D eigenvalue weighted by atomic mass is 9.90. The molecule has 0 fully saturated rings. The number of rotatable bonds is 6. The van der Waals surface area contributed by atoms with E-state index >= 15 is 0 Å². The van der Waals surface area contributed by atoms with Crippen LogP contribution in [0.2, 0.25) is 0 Å². The van der Waals surface area contributed by atoms with E-state index in [1.54, 1.807) is 12.1 Å². The summed E-state index contributed by atoms with van der Waals surface area (Å²) >= 11 is 3.12. The van der Waals surface area contributed by atoms with E-state index in [0.717, 1.165) is 12.0 Å². The molecule has 0 aliphatic carbocycles. The van der Waals surface area contributed by atoms with Crippen LogP contribution in [-0.2, 0) is 11.2 Å². The van der Waals surface area contributed by atoms with Crippen LogP contribution < -0.4 is 11.1 Å². The van der Waals surface area contributed by atoms with E-state index < -0.39 is 5.54 Å². The van der Waals surface area contributed by atoms with Gasteiger partial charge in [-0.2, -0.15) is 0 Å². The largest absolute Gasteiger partial charge is 0.349 e. The fourth-order valence-corrected chi connectivity index (χ4v) is 2.73. The van der Waals surface area contributed by atoms with Crippen molar-refractivity contribution in [3.63, 3.8) is 0 Å². The Morgan fingerprint density at radius 1 is 1.48 bits per heavy atom. The minimum absolute atomic E-state index is 0. The van der Waals surface area contributed by atoms with Gasteiger partial charge in [-0.25, -0.2) is 4.39 Å². The van der Waals surface area contributed by atoms with Crippen molar-refractivity contribution in [2.75, 3.05) is 6.54 Å². The number of carbonyl (C=O) groups is 1. The molecule has 1 rings (SSSR count). The monoisotopic (exact) mass is 380 g/mol. The Kier molecular flexibility index (Phi) is 8.44. The van der Waals surface area contributed by atoms with Gasteiger partial charge in [-0.3, -0.25) is 4.79 Å². The van der Waals surface area contributed by atoms with Crippen LogP contribution in [0.1, 0.15) is 32.8 Å². The number of benzene rings is 1. The first-order valence-corrected chi connectivity index (χ1v) is 7.50. The third-order valence-electron chi connectivity index (χ3n) is 3.10. The van der Waals surface area contributed by atoms with Crippen LogP contribution in [0.25, 0.3) is 0 Å². The molecule has 0 spiro atoms. The normalized spacial score (nSPS) is 13.5. The lowest BCUT2D eigenvalue weighted by Crippen LogP contribution is -2.52. The Labute approximate surface area is 140 Å². The predicted octanol–water partition coefficient (Wildman–Crippen LogP) is 3.43. The van der Waals surface area contributed by atoms with Gasteiger partial charge in [0.15, 0.2) is 0 Å². The molecule has 0 heterocycles. The van der Waals surface area contributed by atoms with Crippen LogP contribution in [-0.4, -0.2) is 18.0 Å². The molecule has 1 amide bonds. The number of amides is 1. The molecule has 6 heteroatoms. The SMILES string of the molecule is CC(C)CC(C)(CN)NC(=O)Cc1ccc(F)c(Br)c1.Cl. The summed E-state index contributed by atoms with van der Waals surface area (Å²) in [6, 6.07) is 4.59. The molecule has 0 aromatic heterocycles. The minimum atomic E-state index is -0.400. The van der Waals surface area contributed by atoms with Crippen LogP contribution in [0.5, 0.6) is 0 Å². The Hall–Kier alpha value is -0.650. The highest BCUT2D eigenvalue weighted by atomic mass is 79.9. The predicted molar refractivity (Wildman–Crippen MR) is 90.1 cm³/mol. The molecule has 120 valence electrons. The van der Waals surface area contributed by atoms with Crippen molar-refractivity contribution < 1.29 is 9.18 Å². The van der Waals surface area contributed by atoms with Gasteiger partial charge in [-0.05, 0) is 52.9 Å². The zero-order valence-electron chi connectivity index (χ0n) is 12.6. The van der Waals surface area contributed by atoms with Crippen LogP contribution in [0.3, 0.4) is 0 Å². The van der Waals surface area contributed by atoms with Crippen LogP contribution in [0, 0.1) is 11.7 Å². The molecule has 1 aromatic rings. The number of nitrogens with one attached hydrogen (secondary N) is 1. The summed E-state index contributed by atoms with van der Waals surface area (Å²) in [5.41, 5.74) is 6.13. The highest BCUT2D eigenvalue weighted by Gasteiger charge is 2.25. The summed E-state index contributed by atoms with van der Waals surface area (Å²) in [5, 5.41) is 2.98.